The Hall–Kier alpha value is -0.780. The highest BCUT2D eigenvalue weighted by molar-refractivity contribution is 5.78. The predicted molar refractivity (Wildman–Crippen MR) is 62.8 cm³/mol. The van der Waals surface area contributed by atoms with Crippen molar-refractivity contribution in [2.24, 2.45) is 17.6 Å². The van der Waals surface area contributed by atoms with Crippen molar-refractivity contribution in [1.82, 2.24) is 4.90 Å². The molecular formula is C12H21F3N2O. The third kappa shape index (κ3) is 4.15. The summed E-state index contributed by atoms with van der Waals surface area (Å²) in [6.07, 6.45) is -2.55. The molecule has 2 N–H and O–H groups in total. The molecule has 0 unspecified atom stereocenters. The maximum absolute atomic E-state index is 12.5. The fourth-order valence-corrected chi connectivity index (χ4v) is 2.42. The highest BCUT2D eigenvalue weighted by Crippen LogP contribution is 2.39. The Bertz CT molecular complexity index is 273. The van der Waals surface area contributed by atoms with Crippen LogP contribution in [0.25, 0.3) is 0 Å². The maximum Gasteiger partial charge on any atom is 0.391 e. The molecule has 1 aliphatic rings. The van der Waals surface area contributed by atoms with E-state index in [1.807, 2.05) is 0 Å². The SMILES string of the molecule is CN(CCCN)C(=O)C1CCC(C(F)(F)F)CC1. The van der Waals surface area contributed by atoms with Crippen molar-refractivity contribution < 1.29 is 18.0 Å². The van der Waals surface area contributed by atoms with Gasteiger partial charge in [0.2, 0.25) is 5.91 Å². The minimum atomic E-state index is -4.11. The molecule has 0 bridgehead atoms. The molecule has 0 spiro atoms. The van der Waals surface area contributed by atoms with E-state index >= 15 is 0 Å². The van der Waals surface area contributed by atoms with Crippen LogP contribution in [-0.2, 0) is 4.79 Å². The Kier molecular flexibility index (Phi) is 5.44. The Morgan fingerprint density at radius 3 is 2.28 bits per heavy atom. The number of hydrogen-bond donors (Lipinski definition) is 1. The third-order valence-corrected chi connectivity index (χ3v) is 3.61. The van der Waals surface area contributed by atoms with Crippen molar-refractivity contribution in [2.45, 2.75) is 38.3 Å². The van der Waals surface area contributed by atoms with Crippen LogP contribution >= 0.6 is 0 Å². The van der Waals surface area contributed by atoms with Crippen molar-refractivity contribution >= 4 is 5.91 Å². The lowest BCUT2D eigenvalue weighted by atomic mass is 9.81. The lowest BCUT2D eigenvalue weighted by molar-refractivity contribution is -0.185. The van der Waals surface area contributed by atoms with E-state index in [0.717, 1.165) is 6.42 Å². The van der Waals surface area contributed by atoms with Crippen LogP contribution in [0.3, 0.4) is 0 Å². The summed E-state index contributed by atoms with van der Waals surface area (Å²) in [6, 6.07) is 0. The number of amides is 1. The second-order valence-corrected chi connectivity index (χ2v) is 4.99. The van der Waals surface area contributed by atoms with E-state index in [1.165, 1.54) is 0 Å². The number of halogens is 3. The molecule has 1 fully saturated rings. The molecule has 0 heterocycles. The fraction of sp³-hybridized carbons (Fsp3) is 0.917. The Morgan fingerprint density at radius 1 is 1.28 bits per heavy atom. The van der Waals surface area contributed by atoms with Crippen molar-refractivity contribution in [2.75, 3.05) is 20.1 Å². The molecule has 0 atom stereocenters. The van der Waals surface area contributed by atoms with Gasteiger partial charge in [-0.3, -0.25) is 4.79 Å². The summed E-state index contributed by atoms with van der Waals surface area (Å²) in [6.45, 7) is 1.09. The topological polar surface area (TPSA) is 46.3 Å². The first-order valence-electron chi connectivity index (χ1n) is 6.38. The monoisotopic (exact) mass is 266 g/mol. The molecule has 0 aromatic heterocycles. The zero-order valence-corrected chi connectivity index (χ0v) is 10.7. The van der Waals surface area contributed by atoms with E-state index in [1.54, 1.807) is 11.9 Å². The molecule has 6 heteroatoms. The van der Waals surface area contributed by atoms with Crippen molar-refractivity contribution in [3.05, 3.63) is 0 Å². The van der Waals surface area contributed by atoms with E-state index in [4.69, 9.17) is 5.73 Å². The van der Waals surface area contributed by atoms with E-state index in [2.05, 4.69) is 0 Å². The minimum Gasteiger partial charge on any atom is -0.345 e. The van der Waals surface area contributed by atoms with Gasteiger partial charge < -0.3 is 10.6 Å². The van der Waals surface area contributed by atoms with Gasteiger partial charge in [-0.2, -0.15) is 13.2 Å². The number of hydrogen-bond acceptors (Lipinski definition) is 2. The number of alkyl halides is 3. The molecule has 0 aromatic rings. The lowest BCUT2D eigenvalue weighted by Gasteiger charge is -2.31. The quantitative estimate of drug-likeness (QED) is 0.847. The van der Waals surface area contributed by atoms with Crippen LogP contribution in [0, 0.1) is 11.8 Å². The van der Waals surface area contributed by atoms with Gasteiger partial charge in [-0.1, -0.05) is 0 Å². The molecule has 0 aromatic carbocycles. The van der Waals surface area contributed by atoms with Crippen LogP contribution in [0.15, 0.2) is 0 Å². The molecule has 18 heavy (non-hydrogen) atoms. The van der Waals surface area contributed by atoms with Gasteiger partial charge in [0.25, 0.3) is 0 Å². The van der Waals surface area contributed by atoms with Crippen LogP contribution in [0.5, 0.6) is 0 Å². The Labute approximate surface area is 106 Å². The summed E-state index contributed by atoms with van der Waals surface area (Å²) < 4.78 is 37.5. The van der Waals surface area contributed by atoms with E-state index in [0.29, 0.717) is 25.9 Å². The van der Waals surface area contributed by atoms with Gasteiger partial charge >= 0.3 is 6.18 Å². The Balaban J connectivity index is 2.40. The van der Waals surface area contributed by atoms with Gasteiger partial charge in [0.1, 0.15) is 0 Å². The van der Waals surface area contributed by atoms with Gasteiger partial charge in [-0.25, -0.2) is 0 Å². The minimum absolute atomic E-state index is 0.0379. The fourth-order valence-electron chi connectivity index (χ4n) is 2.42. The molecule has 3 nitrogen and oxygen atoms in total. The summed E-state index contributed by atoms with van der Waals surface area (Å²) in [4.78, 5) is 13.6. The molecule has 106 valence electrons. The third-order valence-electron chi connectivity index (χ3n) is 3.61. The molecule has 0 radical (unpaired) electrons. The average Bonchev–Trinajstić information content (AvgIpc) is 2.34. The summed E-state index contributed by atoms with van der Waals surface area (Å²) in [5.41, 5.74) is 5.36. The van der Waals surface area contributed by atoms with Crippen LogP contribution in [-0.4, -0.2) is 37.1 Å². The second-order valence-electron chi connectivity index (χ2n) is 4.99. The zero-order chi connectivity index (χ0) is 13.8. The van der Waals surface area contributed by atoms with E-state index in [9.17, 15) is 18.0 Å². The summed E-state index contributed by atoms with van der Waals surface area (Å²) in [5, 5.41) is 0. The summed E-state index contributed by atoms with van der Waals surface area (Å²) in [7, 11) is 1.69. The number of carbonyl (C=O) groups is 1. The van der Waals surface area contributed by atoms with Crippen molar-refractivity contribution in [3.8, 4) is 0 Å². The first-order valence-corrected chi connectivity index (χ1v) is 6.38. The van der Waals surface area contributed by atoms with Crippen LogP contribution in [0.1, 0.15) is 32.1 Å². The molecule has 1 amide bonds. The first kappa shape index (κ1) is 15.3. The molecule has 1 aliphatic carbocycles. The van der Waals surface area contributed by atoms with Crippen molar-refractivity contribution in [3.63, 3.8) is 0 Å². The maximum atomic E-state index is 12.5. The molecule has 0 saturated heterocycles. The second kappa shape index (κ2) is 6.41. The molecule has 1 rings (SSSR count). The van der Waals surface area contributed by atoms with E-state index in [-0.39, 0.29) is 24.7 Å². The van der Waals surface area contributed by atoms with E-state index < -0.39 is 12.1 Å². The highest BCUT2D eigenvalue weighted by Gasteiger charge is 2.42. The summed E-state index contributed by atoms with van der Waals surface area (Å²) >= 11 is 0. The van der Waals surface area contributed by atoms with Crippen LogP contribution in [0.4, 0.5) is 13.2 Å². The number of rotatable bonds is 4. The number of nitrogens with two attached hydrogens (primary N) is 1. The van der Waals surface area contributed by atoms with Crippen LogP contribution < -0.4 is 5.73 Å². The van der Waals surface area contributed by atoms with Gasteiger partial charge in [-0.15, -0.1) is 0 Å². The highest BCUT2D eigenvalue weighted by atomic mass is 19.4. The van der Waals surface area contributed by atoms with Crippen LogP contribution in [0.2, 0.25) is 0 Å². The first-order chi connectivity index (χ1) is 8.36. The predicted octanol–water partition coefficient (Wildman–Crippen LogP) is 2.16. The average molecular weight is 266 g/mol. The van der Waals surface area contributed by atoms with Gasteiger partial charge in [-0.05, 0) is 38.6 Å². The van der Waals surface area contributed by atoms with Gasteiger partial charge in [0.05, 0.1) is 5.92 Å². The normalized spacial score (nSPS) is 24.9. The van der Waals surface area contributed by atoms with Gasteiger partial charge in [0, 0.05) is 19.5 Å². The number of carbonyl (C=O) groups excluding carboxylic acids is 1. The number of nitrogens with zero attached hydrogens (tertiary/aromatic N) is 1. The Morgan fingerprint density at radius 2 is 1.83 bits per heavy atom. The molecular weight excluding hydrogens is 245 g/mol. The zero-order valence-electron chi connectivity index (χ0n) is 10.7. The van der Waals surface area contributed by atoms with Crippen molar-refractivity contribution in [1.29, 1.82) is 0 Å². The molecule has 1 saturated carbocycles. The summed E-state index contributed by atoms with van der Waals surface area (Å²) in [5.74, 6) is -1.51. The smallest absolute Gasteiger partial charge is 0.345 e. The molecule has 0 aliphatic heterocycles. The lowest BCUT2D eigenvalue weighted by Crippen LogP contribution is -2.38. The van der Waals surface area contributed by atoms with Gasteiger partial charge in [0.15, 0.2) is 0 Å². The standard InChI is InChI=1S/C12H21F3N2O/c1-17(8-2-7-16)11(18)9-3-5-10(6-4-9)12(13,14)15/h9-10H,2-8,16H2,1H3. The largest absolute Gasteiger partial charge is 0.391 e.